The normalized spacial score (nSPS) is 15.0. The van der Waals surface area contributed by atoms with E-state index in [4.69, 9.17) is 0 Å². The van der Waals surface area contributed by atoms with Crippen molar-refractivity contribution in [2.75, 3.05) is 0 Å². The van der Waals surface area contributed by atoms with Crippen molar-refractivity contribution in [3.8, 4) is 0 Å². The van der Waals surface area contributed by atoms with E-state index in [1.807, 2.05) is 13.8 Å². The summed E-state index contributed by atoms with van der Waals surface area (Å²) in [6.45, 7) is 3.92. The Bertz CT molecular complexity index is 325. The highest BCUT2D eigenvalue weighted by atomic mass is 19.2. The number of benzene rings is 1. The van der Waals surface area contributed by atoms with Crippen molar-refractivity contribution in [2.24, 2.45) is 5.92 Å². The van der Waals surface area contributed by atoms with E-state index in [9.17, 15) is 13.9 Å². The number of rotatable bonds is 4. The van der Waals surface area contributed by atoms with Crippen molar-refractivity contribution >= 4 is 0 Å². The lowest BCUT2D eigenvalue weighted by Gasteiger charge is -2.16. The fourth-order valence-electron chi connectivity index (χ4n) is 1.38. The molecule has 0 spiro atoms. The monoisotopic (exact) mass is 214 g/mol. The summed E-state index contributed by atoms with van der Waals surface area (Å²) >= 11 is 0. The molecule has 0 aromatic heterocycles. The first-order valence-corrected chi connectivity index (χ1v) is 5.16. The van der Waals surface area contributed by atoms with Crippen molar-refractivity contribution in [1.82, 2.24) is 0 Å². The van der Waals surface area contributed by atoms with Crippen LogP contribution in [0.15, 0.2) is 18.2 Å². The molecule has 0 saturated carbocycles. The zero-order valence-corrected chi connectivity index (χ0v) is 9.00. The van der Waals surface area contributed by atoms with Gasteiger partial charge < -0.3 is 5.11 Å². The summed E-state index contributed by atoms with van der Waals surface area (Å²) in [4.78, 5) is 0. The topological polar surface area (TPSA) is 20.2 Å². The molecule has 1 aromatic rings. The molecular weight excluding hydrogens is 198 g/mol. The second-order valence-corrected chi connectivity index (χ2v) is 3.91. The molecule has 0 aliphatic carbocycles. The summed E-state index contributed by atoms with van der Waals surface area (Å²) in [5.74, 6) is -1.54. The first-order valence-electron chi connectivity index (χ1n) is 5.16. The van der Waals surface area contributed by atoms with E-state index in [1.165, 1.54) is 6.07 Å². The van der Waals surface area contributed by atoms with E-state index in [0.717, 1.165) is 18.6 Å². The van der Waals surface area contributed by atoms with Crippen molar-refractivity contribution in [2.45, 2.75) is 32.8 Å². The summed E-state index contributed by atoms with van der Waals surface area (Å²) in [5.41, 5.74) is 0.627. The van der Waals surface area contributed by atoms with Crippen LogP contribution in [0.5, 0.6) is 0 Å². The van der Waals surface area contributed by atoms with Crippen LogP contribution in [-0.2, 0) is 6.42 Å². The van der Waals surface area contributed by atoms with Crippen LogP contribution >= 0.6 is 0 Å². The molecule has 0 saturated heterocycles. The molecule has 15 heavy (non-hydrogen) atoms. The Kier molecular flexibility index (Phi) is 4.21. The van der Waals surface area contributed by atoms with Gasteiger partial charge in [-0.3, -0.25) is 0 Å². The molecule has 1 N–H and O–H groups in total. The third kappa shape index (κ3) is 3.27. The molecular formula is C12H16F2O. The third-order valence-corrected chi connectivity index (χ3v) is 2.73. The minimum Gasteiger partial charge on any atom is -0.393 e. The smallest absolute Gasteiger partial charge is 0.159 e. The Morgan fingerprint density at radius 3 is 2.47 bits per heavy atom. The fourth-order valence-corrected chi connectivity index (χ4v) is 1.38. The second kappa shape index (κ2) is 5.21. The maximum Gasteiger partial charge on any atom is 0.159 e. The van der Waals surface area contributed by atoms with Gasteiger partial charge in [0.05, 0.1) is 6.10 Å². The molecule has 0 radical (unpaired) electrons. The van der Waals surface area contributed by atoms with Crippen molar-refractivity contribution in [1.29, 1.82) is 0 Å². The van der Waals surface area contributed by atoms with Crippen LogP contribution in [0.4, 0.5) is 8.78 Å². The van der Waals surface area contributed by atoms with Gasteiger partial charge in [0.2, 0.25) is 0 Å². The number of hydrogen-bond acceptors (Lipinski definition) is 1. The van der Waals surface area contributed by atoms with Crippen LogP contribution in [0.2, 0.25) is 0 Å². The van der Waals surface area contributed by atoms with Crippen LogP contribution in [-0.4, -0.2) is 11.2 Å². The van der Waals surface area contributed by atoms with E-state index in [2.05, 4.69) is 0 Å². The molecule has 1 nitrogen and oxygen atoms in total. The molecule has 3 heteroatoms. The lowest BCUT2D eigenvalue weighted by atomic mass is 9.96. The predicted molar refractivity (Wildman–Crippen MR) is 55.5 cm³/mol. The Hall–Kier alpha value is -0.960. The Morgan fingerprint density at radius 1 is 1.27 bits per heavy atom. The van der Waals surface area contributed by atoms with Gasteiger partial charge in [0.1, 0.15) is 0 Å². The van der Waals surface area contributed by atoms with E-state index in [-0.39, 0.29) is 5.92 Å². The molecule has 0 aliphatic heterocycles. The van der Waals surface area contributed by atoms with Crippen molar-refractivity contribution < 1.29 is 13.9 Å². The minimum atomic E-state index is -0.858. The van der Waals surface area contributed by atoms with E-state index in [0.29, 0.717) is 12.0 Å². The van der Waals surface area contributed by atoms with Gasteiger partial charge in [-0.15, -0.1) is 0 Å². The number of aliphatic hydroxyl groups excluding tert-OH is 1. The average Bonchev–Trinajstić information content (AvgIpc) is 2.22. The third-order valence-electron chi connectivity index (χ3n) is 2.73. The molecule has 0 aliphatic rings. The van der Waals surface area contributed by atoms with Crippen LogP contribution < -0.4 is 0 Å². The molecule has 84 valence electrons. The second-order valence-electron chi connectivity index (χ2n) is 3.91. The zero-order chi connectivity index (χ0) is 11.4. The number of halogens is 2. The standard InChI is InChI=1S/C12H16F2O/c1-3-8(2)12(15)7-9-4-5-10(13)11(14)6-9/h4-6,8,12,15H,3,7H2,1-2H3. The van der Waals surface area contributed by atoms with Crippen molar-refractivity contribution in [3.63, 3.8) is 0 Å². The number of aliphatic hydroxyl groups is 1. The highest BCUT2D eigenvalue weighted by Gasteiger charge is 2.13. The Morgan fingerprint density at radius 2 is 1.93 bits per heavy atom. The van der Waals surface area contributed by atoms with Crippen LogP contribution in [0.25, 0.3) is 0 Å². The summed E-state index contributed by atoms with van der Waals surface area (Å²) in [6, 6.07) is 3.74. The summed E-state index contributed by atoms with van der Waals surface area (Å²) in [5, 5.41) is 9.72. The molecule has 1 rings (SSSR count). The first kappa shape index (κ1) is 12.1. The lowest BCUT2D eigenvalue weighted by molar-refractivity contribution is 0.114. The largest absolute Gasteiger partial charge is 0.393 e. The van der Waals surface area contributed by atoms with Gasteiger partial charge >= 0.3 is 0 Å². The molecule has 0 bridgehead atoms. The van der Waals surface area contributed by atoms with E-state index >= 15 is 0 Å². The minimum absolute atomic E-state index is 0.165. The molecule has 1 aromatic carbocycles. The molecule has 0 heterocycles. The zero-order valence-electron chi connectivity index (χ0n) is 9.00. The molecule has 0 amide bonds. The van der Waals surface area contributed by atoms with Crippen LogP contribution in [0.1, 0.15) is 25.8 Å². The quantitative estimate of drug-likeness (QED) is 0.817. The highest BCUT2D eigenvalue weighted by molar-refractivity contribution is 5.18. The highest BCUT2D eigenvalue weighted by Crippen LogP contribution is 2.15. The van der Waals surface area contributed by atoms with Gasteiger partial charge in [0, 0.05) is 0 Å². The van der Waals surface area contributed by atoms with E-state index < -0.39 is 17.7 Å². The predicted octanol–water partition coefficient (Wildman–Crippen LogP) is 2.91. The van der Waals surface area contributed by atoms with Crippen molar-refractivity contribution in [3.05, 3.63) is 35.4 Å². The first-order chi connectivity index (χ1) is 7.04. The summed E-state index contributed by atoms with van der Waals surface area (Å²) in [6.07, 6.45) is 0.733. The average molecular weight is 214 g/mol. The maximum atomic E-state index is 12.9. The SMILES string of the molecule is CCC(C)C(O)Cc1ccc(F)c(F)c1. The Balaban J connectivity index is 2.68. The molecule has 0 fully saturated rings. The van der Waals surface area contributed by atoms with Gasteiger partial charge in [-0.1, -0.05) is 26.3 Å². The van der Waals surface area contributed by atoms with Crippen LogP contribution in [0, 0.1) is 17.6 Å². The summed E-state index contributed by atoms with van der Waals surface area (Å²) < 4.78 is 25.5. The van der Waals surface area contributed by atoms with Gasteiger partial charge in [-0.05, 0) is 30.0 Å². The number of hydrogen-bond donors (Lipinski definition) is 1. The Labute approximate surface area is 88.7 Å². The van der Waals surface area contributed by atoms with Crippen LogP contribution in [0.3, 0.4) is 0 Å². The molecule has 2 atom stereocenters. The molecule has 2 unspecified atom stereocenters. The van der Waals surface area contributed by atoms with Gasteiger partial charge in [0.25, 0.3) is 0 Å². The van der Waals surface area contributed by atoms with Gasteiger partial charge in [-0.2, -0.15) is 0 Å². The fraction of sp³-hybridized carbons (Fsp3) is 0.500. The maximum absolute atomic E-state index is 12.9. The van der Waals surface area contributed by atoms with E-state index in [1.54, 1.807) is 0 Å². The lowest BCUT2D eigenvalue weighted by Crippen LogP contribution is -2.19. The van der Waals surface area contributed by atoms with Gasteiger partial charge in [-0.25, -0.2) is 8.78 Å². The summed E-state index contributed by atoms with van der Waals surface area (Å²) in [7, 11) is 0. The van der Waals surface area contributed by atoms with Gasteiger partial charge in [0.15, 0.2) is 11.6 Å².